The molecule has 0 aliphatic carbocycles. The summed E-state index contributed by atoms with van der Waals surface area (Å²) in [5.74, 6) is 0. The van der Waals surface area contributed by atoms with Crippen LogP contribution in [-0.4, -0.2) is 29.9 Å². The number of carbonyl (C=O) groups excluding carboxylic acids is 1. The molecule has 134 valence electrons. The van der Waals surface area contributed by atoms with Crippen LogP contribution in [0.4, 0.5) is 21.9 Å². The molecule has 1 aromatic heterocycles. The summed E-state index contributed by atoms with van der Waals surface area (Å²) in [7, 11) is 5.76. The highest BCUT2D eigenvalue weighted by molar-refractivity contribution is 6.33. The van der Waals surface area contributed by atoms with Gasteiger partial charge >= 0.3 is 6.03 Å². The van der Waals surface area contributed by atoms with Crippen molar-refractivity contribution in [1.82, 2.24) is 9.78 Å². The molecule has 0 aliphatic heterocycles. The lowest BCUT2D eigenvalue weighted by Gasteiger charge is -2.13. The summed E-state index contributed by atoms with van der Waals surface area (Å²) in [5.41, 5.74) is 4.14. The van der Waals surface area contributed by atoms with Crippen molar-refractivity contribution in [3.8, 4) is 11.3 Å². The number of nitrogens with one attached hydrogen (secondary N) is 2. The molecule has 1 heterocycles. The maximum atomic E-state index is 12.3. The van der Waals surface area contributed by atoms with Crippen LogP contribution in [0, 0.1) is 0 Å². The number of anilines is 3. The Kier molecular flexibility index (Phi) is 5.14. The fourth-order valence-corrected chi connectivity index (χ4v) is 2.89. The van der Waals surface area contributed by atoms with Gasteiger partial charge in [-0.25, -0.2) is 4.79 Å². The minimum absolute atomic E-state index is 0.309. The van der Waals surface area contributed by atoms with Crippen LogP contribution in [0.2, 0.25) is 5.02 Å². The van der Waals surface area contributed by atoms with E-state index < -0.39 is 0 Å². The van der Waals surface area contributed by atoms with E-state index in [1.807, 2.05) is 74.6 Å². The zero-order valence-corrected chi connectivity index (χ0v) is 15.6. The molecule has 2 N–H and O–H groups in total. The molecule has 2 aromatic carbocycles. The molecule has 0 spiro atoms. The Labute approximate surface area is 157 Å². The van der Waals surface area contributed by atoms with Gasteiger partial charge in [0.25, 0.3) is 0 Å². The Morgan fingerprint density at radius 1 is 1.08 bits per heavy atom. The molecule has 6 nitrogen and oxygen atoms in total. The quantitative estimate of drug-likeness (QED) is 0.714. The Balaban J connectivity index is 1.71. The summed E-state index contributed by atoms with van der Waals surface area (Å²) in [6.45, 7) is 0. The first-order valence-corrected chi connectivity index (χ1v) is 8.45. The third-order valence-electron chi connectivity index (χ3n) is 3.93. The SMILES string of the molecule is CN(C)c1ccc(NC(=O)Nc2cccc(-c3c(Cl)cnn3C)c2)cc1. The van der Waals surface area contributed by atoms with E-state index in [1.165, 1.54) is 0 Å². The Bertz CT molecular complexity index is 898. The van der Waals surface area contributed by atoms with Crippen LogP contribution >= 0.6 is 11.6 Å². The molecule has 0 saturated carbocycles. The van der Waals surface area contributed by atoms with Crippen molar-refractivity contribution >= 4 is 34.7 Å². The van der Waals surface area contributed by atoms with E-state index in [0.717, 1.165) is 22.6 Å². The summed E-state index contributed by atoms with van der Waals surface area (Å²) >= 11 is 6.19. The molecule has 0 saturated heterocycles. The summed E-state index contributed by atoms with van der Waals surface area (Å²) in [6, 6.07) is 14.8. The van der Waals surface area contributed by atoms with Gasteiger partial charge in [0.05, 0.1) is 16.9 Å². The van der Waals surface area contributed by atoms with Gasteiger partial charge in [0.15, 0.2) is 0 Å². The smallest absolute Gasteiger partial charge is 0.323 e. The van der Waals surface area contributed by atoms with E-state index in [2.05, 4.69) is 15.7 Å². The number of halogens is 1. The fourth-order valence-electron chi connectivity index (χ4n) is 2.62. The van der Waals surface area contributed by atoms with Gasteiger partial charge in [0.2, 0.25) is 0 Å². The number of carbonyl (C=O) groups is 1. The van der Waals surface area contributed by atoms with Crippen LogP contribution in [0.3, 0.4) is 0 Å². The largest absolute Gasteiger partial charge is 0.378 e. The molecule has 0 atom stereocenters. The molecule has 0 bridgehead atoms. The predicted octanol–water partition coefficient (Wildman–Crippen LogP) is 4.45. The molecular weight excluding hydrogens is 350 g/mol. The highest BCUT2D eigenvalue weighted by Crippen LogP contribution is 2.28. The van der Waals surface area contributed by atoms with Crippen molar-refractivity contribution in [3.63, 3.8) is 0 Å². The van der Waals surface area contributed by atoms with Crippen molar-refractivity contribution in [3.05, 3.63) is 59.8 Å². The second-order valence-corrected chi connectivity index (χ2v) is 6.47. The number of hydrogen-bond donors (Lipinski definition) is 2. The van der Waals surface area contributed by atoms with E-state index in [4.69, 9.17) is 11.6 Å². The molecule has 0 unspecified atom stereocenters. The van der Waals surface area contributed by atoms with Gasteiger partial charge in [-0.2, -0.15) is 5.10 Å². The number of urea groups is 1. The Hall–Kier alpha value is -2.99. The summed E-state index contributed by atoms with van der Waals surface area (Å²) in [4.78, 5) is 14.3. The van der Waals surface area contributed by atoms with Crippen molar-refractivity contribution in [1.29, 1.82) is 0 Å². The van der Waals surface area contributed by atoms with E-state index in [1.54, 1.807) is 10.9 Å². The van der Waals surface area contributed by atoms with Gasteiger partial charge in [-0.05, 0) is 36.4 Å². The molecule has 7 heteroatoms. The zero-order valence-electron chi connectivity index (χ0n) is 14.8. The standard InChI is InChI=1S/C19H20ClN5O/c1-24(2)16-9-7-14(8-10-16)22-19(26)23-15-6-4-5-13(11-15)18-17(20)12-21-25(18)3/h4-12H,1-3H3,(H2,22,23,26). The predicted molar refractivity (Wildman–Crippen MR) is 107 cm³/mol. The minimum Gasteiger partial charge on any atom is -0.378 e. The van der Waals surface area contributed by atoms with Crippen molar-refractivity contribution in [2.75, 3.05) is 29.6 Å². The first-order valence-electron chi connectivity index (χ1n) is 8.07. The molecule has 3 rings (SSSR count). The number of benzene rings is 2. The summed E-state index contributed by atoms with van der Waals surface area (Å²) < 4.78 is 1.70. The molecule has 2 amide bonds. The molecule has 0 radical (unpaired) electrons. The number of rotatable bonds is 4. The number of hydrogen-bond acceptors (Lipinski definition) is 3. The topological polar surface area (TPSA) is 62.2 Å². The lowest BCUT2D eigenvalue weighted by molar-refractivity contribution is 0.262. The van der Waals surface area contributed by atoms with Crippen LogP contribution in [-0.2, 0) is 7.05 Å². The van der Waals surface area contributed by atoms with Crippen LogP contribution < -0.4 is 15.5 Å². The Morgan fingerprint density at radius 2 is 1.77 bits per heavy atom. The van der Waals surface area contributed by atoms with Crippen LogP contribution in [0.1, 0.15) is 0 Å². The average Bonchev–Trinajstić information content (AvgIpc) is 2.94. The van der Waals surface area contributed by atoms with Gasteiger partial charge in [-0.15, -0.1) is 0 Å². The zero-order chi connectivity index (χ0) is 18.7. The number of amides is 2. The fraction of sp³-hybridized carbons (Fsp3) is 0.158. The third kappa shape index (κ3) is 3.97. The van der Waals surface area contributed by atoms with Crippen molar-refractivity contribution in [2.45, 2.75) is 0 Å². The van der Waals surface area contributed by atoms with Gasteiger partial charge in [-0.1, -0.05) is 23.7 Å². The molecule has 26 heavy (non-hydrogen) atoms. The average molecular weight is 370 g/mol. The lowest BCUT2D eigenvalue weighted by atomic mass is 10.1. The van der Waals surface area contributed by atoms with Crippen LogP contribution in [0.15, 0.2) is 54.7 Å². The van der Waals surface area contributed by atoms with E-state index in [-0.39, 0.29) is 6.03 Å². The Morgan fingerprint density at radius 3 is 2.38 bits per heavy atom. The highest BCUT2D eigenvalue weighted by Gasteiger charge is 2.10. The normalized spacial score (nSPS) is 10.5. The van der Waals surface area contributed by atoms with Crippen molar-refractivity contribution in [2.24, 2.45) is 7.05 Å². The maximum Gasteiger partial charge on any atom is 0.323 e. The van der Waals surface area contributed by atoms with Gasteiger partial charge < -0.3 is 15.5 Å². The maximum absolute atomic E-state index is 12.3. The number of aryl methyl sites for hydroxylation is 1. The van der Waals surface area contributed by atoms with Crippen molar-refractivity contribution < 1.29 is 4.79 Å². The molecule has 0 fully saturated rings. The molecule has 3 aromatic rings. The van der Waals surface area contributed by atoms with Crippen LogP contribution in [0.25, 0.3) is 11.3 Å². The third-order valence-corrected chi connectivity index (χ3v) is 4.21. The molecule has 0 aliphatic rings. The van der Waals surface area contributed by atoms with Crippen LogP contribution in [0.5, 0.6) is 0 Å². The molecular formula is C19H20ClN5O. The van der Waals surface area contributed by atoms with E-state index in [9.17, 15) is 4.79 Å². The number of aromatic nitrogens is 2. The number of nitrogens with zero attached hydrogens (tertiary/aromatic N) is 3. The summed E-state index contributed by atoms with van der Waals surface area (Å²) in [5, 5.41) is 10.4. The second-order valence-electron chi connectivity index (χ2n) is 6.07. The van der Waals surface area contributed by atoms with E-state index in [0.29, 0.717) is 10.7 Å². The van der Waals surface area contributed by atoms with Gasteiger partial charge in [0.1, 0.15) is 0 Å². The highest BCUT2D eigenvalue weighted by atomic mass is 35.5. The van der Waals surface area contributed by atoms with Gasteiger partial charge in [-0.3, -0.25) is 4.68 Å². The monoisotopic (exact) mass is 369 g/mol. The van der Waals surface area contributed by atoms with Gasteiger partial charge in [0, 0.05) is 43.8 Å². The second kappa shape index (κ2) is 7.49. The first-order chi connectivity index (χ1) is 12.4. The lowest BCUT2D eigenvalue weighted by Crippen LogP contribution is -2.19. The summed E-state index contributed by atoms with van der Waals surface area (Å²) in [6.07, 6.45) is 1.60. The first kappa shape index (κ1) is 17.8. The van der Waals surface area contributed by atoms with E-state index >= 15 is 0 Å². The minimum atomic E-state index is -0.309.